The average molecular weight is 277 g/mol. The molecule has 1 aromatic rings. The second kappa shape index (κ2) is 4.75. The lowest BCUT2D eigenvalue weighted by Crippen LogP contribution is -2.13. The van der Waals surface area contributed by atoms with Crippen LogP contribution in [-0.4, -0.2) is 29.7 Å². The molecular formula is C10H13F2N3O2S. The summed E-state index contributed by atoms with van der Waals surface area (Å²) in [7, 11) is -3.79. The third kappa shape index (κ3) is 2.58. The number of hydrogen-bond donors (Lipinski definition) is 0. The Morgan fingerprint density at radius 2 is 2.17 bits per heavy atom. The predicted molar refractivity (Wildman–Crippen MR) is 60.1 cm³/mol. The van der Waals surface area contributed by atoms with Gasteiger partial charge in [-0.2, -0.15) is 9.90 Å². The number of nitrogens with zero attached hydrogens (tertiary/aromatic N) is 3. The van der Waals surface area contributed by atoms with Gasteiger partial charge in [0.05, 0.1) is 6.04 Å². The summed E-state index contributed by atoms with van der Waals surface area (Å²) >= 11 is 0. The van der Waals surface area contributed by atoms with Crippen LogP contribution in [-0.2, 0) is 9.84 Å². The van der Waals surface area contributed by atoms with Crippen molar-refractivity contribution < 1.29 is 17.2 Å². The number of sulfone groups is 1. The minimum absolute atomic E-state index is 0.244. The van der Waals surface area contributed by atoms with E-state index in [2.05, 4.69) is 10.2 Å². The van der Waals surface area contributed by atoms with Gasteiger partial charge in [-0.05, 0) is 19.3 Å². The standard InChI is InChI=1S/C10H13F2N3O2S/c1-18(16,17)10-8(9(11)12)13-15(14-10)7-5-3-2-4-6-7/h3,5,7,9H,2,4,6H2,1H3. The molecule has 5 nitrogen and oxygen atoms in total. The highest BCUT2D eigenvalue weighted by Gasteiger charge is 2.28. The first-order valence-corrected chi connectivity index (χ1v) is 7.40. The van der Waals surface area contributed by atoms with E-state index in [9.17, 15) is 17.2 Å². The Morgan fingerprint density at radius 1 is 1.44 bits per heavy atom. The monoisotopic (exact) mass is 277 g/mol. The van der Waals surface area contributed by atoms with Gasteiger partial charge in [-0.25, -0.2) is 17.2 Å². The van der Waals surface area contributed by atoms with Crippen molar-refractivity contribution in [2.24, 2.45) is 0 Å². The molecule has 0 amide bonds. The van der Waals surface area contributed by atoms with Crippen molar-refractivity contribution in [3.8, 4) is 0 Å². The number of halogens is 2. The fourth-order valence-electron chi connectivity index (χ4n) is 1.86. The maximum atomic E-state index is 12.7. The minimum Gasteiger partial charge on any atom is -0.222 e. The van der Waals surface area contributed by atoms with E-state index in [0.29, 0.717) is 0 Å². The first-order chi connectivity index (χ1) is 8.39. The summed E-state index contributed by atoms with van der Waals surface area (Å²) < 4.78 is 48.3. The van der Waals surface area contributed by atoms with Crippen molar-refractivity contribution in [3.63, 3.8) is 0 Å². The Bertz CT molecular complexity index is 566. The van der Waals surface area contributed by atoms with Gasteiger partial charge in [0.1, 0.15) is 0 Å². The first-order valence-electron chi connectivity index (χ1n) is 5.51. The van der Waals surface area contributed by atoms with E-state index in [4.69, 9.17) is 0 Å². The topological polar surface area (TPSA) is 64.8 Å². The van der Waals surface area contributed by atoms with Gasteiger partial charge in [0, 0.05) is 6.26 Å². The molecule has 1 aromatic heterocycles. The lowest BCUT2D eigenvalue weighted by molar-refractivity contribution is 0.141. The molecule has 0 aromatic carbocycles. The Balaban J connectivity index is 2.45. The van der Waals surface area contributed by atoms with Crippen molar-refractivity contribution in [1.29, 1.82) is 0 Å². The zero-order chi connectivity index (χ0) is 13.3. The van der Waals surface area contributed by atoms with Gasteiger partial charge in [-0.1, -0.05) is 12.2 Å². The van der Waals surface area contributed by atoms with Crippen LogP contribution >= 0.6 is 0 Å². The summed E-state index contributed by atoms with van der Waals surface area (Å²) in [6, 6.07) is -0.244. The van der Waals surface area contributed by atoms with Crippen molar-refractivity contribution >= 4 is 9.84 Å². The summed E-state index contributed by atoms with van der Waals surface area (Å²) in [6.45, 7) is 0. The molecule has 0 saturated carbocycles. The van der Waals surface area contributed by atoms with Crippen LogP contribution in [0.25, 0.3) is 0 Å². The highest BCUT2D eigenvalue weighted by Crippen LogP contribution is 2.26. The van der Waals surface area contributed by atoms with E-state index in [1.807, 2.05) is 12.2 Å². The summed E-state index contributed by atoms with van der Waals surface area (Å²) in [6.07, 6.45) is 4.18. The summed E-state index contributed by atoms with van der Waals surface area (Å²) in [5.41, 5.74) is -0.767. The molecule has 1 aliphatic carbocycles. The van der Waals surface area contributed by atoms with Crippen LogP contribution < -0.4 is 0 Å². The Morgan fingerprint density at radius 3 is 2.61 bits per heavy atom. The smallest absolute Gasteiger partial charge is 0.222 e. The molecule has 0 saturated heterocycles. The number of rotatable bonds is 3. The lowest BCUT2D eigenvalue weighted by Gasteiger charge is -2.14. The van der Waals surface area contributed by atoms with Crippen LogP contribution in [0.5, 0.6) is 0 Å². The number of aromatic nitrogens is 3. The van der Waals surface area contributed by atoms with E-state index in [0.717, 1.165) is 30.3 Å². The van der Waals surface area contributed by atoms with E-state index in [1.54, 1.807) is 0 Å². The average Bonchev–Trinajstić information content (AvgIpc) is 2.74. The fourth-order valence-corrected chi connectivity index (χ4v) is 2.60. The predicted octanol–water partition coefficient (Wildman–Crippen LogP) is 1.90. The van der Waals surface area contributed by atoms with Crippen LogP contribution in [0.4, 0.5) is 8.78 Å². The second-order valence-corrected chi connectivity index (χ2v) is 6.14. The normalized spacial score (nSPS) is 20.6. The van der Waals surface area contributed by atoms with Crippen molar-refractivity contribution in [1.82, 2.24) is 15.0 Å². The van der Waals surface area contributed by atoms with Crippen LogP contribution in [0.1, 0.15) is 37.4 Å². The number of alkyl halides is 2. The molecule has 0 bridgehead atoms. The molecule has 0 fully saturated rings. The van der Waals surface area contributed by atoms with Gasteiger partial charge in [0.2, 0.25) is 5.03 Å². The van der Waals surface area contributed by atoms with Crippen LogP contribution in [0.2, 0.25) is 0 Å². The van der Waals surface area contributed by atoms with E-state index < -0.39 is 27.0 Å². The lowest BCUT2D eigenvalue weighted by atomic mass is 10.0. The largest absolute Gasteiger partial charge is 0.285 e. The highest BCUT2D eigenvalue weighted by molar-refractivity contribution is 7.90. The van der Waals surface area contributed by atoms with E-state index in [1.165, 1.54) is 0 Å². The van der Waals surface area contributed by atoms with Crippen molar-refractivity contribution in [2.45, 2.75) is 36.8 Å². The summed E-state index contributed by atoms with van der Waals surface area (Å²) in [4.78, 5) is 1.08. The van der Waals surface area contributed by atoms with Crippen LogP contribution in [0.3, 0.4) is 0 Å². The molecule has 1 atom stereocenters. The van der Waals surface area contributed by atoms with E-state index in [-0.39, 0.29) is 6.04 Å². The quantitative estimate of drug-likeness (QED) is 0.791. The molecule has 0 spiro atoms. The van der Waals surface area contributed by atoms with E-state index >= 15 is 0 Å². The molecule has 0 aliphatic heterocycles. The van der Waals surface area contributed by atoms with Gasteiger partial charge in [0.15, 0.2) is 15.5 Å². The van der Waals surface area contributed by atoms with Gasteiger partial charge >= 0.3 is 0 Å². The van der Waals surface area contributed by atoms with Crippen LogP contribution in [0.15, 0.2) is 17.2 Å². The third-order valence-electron chi connectivity index (χ3n) is 2.71. The zero-order valence-corrected chi connectivity index (χ0v) is 10.6. The molecular weight excluding hydrogens is 264 g/mol. The highest BCUT2D eigenvalue weighted by atomic mass is 32.2. The maximum absolute atomic E-state index is 12.7. The maximum Gasteiger partial charge on any atom is 0.285 e. The van der Waals surface area contributed by atoms with Gasteiger partial charge in [-0.15, -0.1) is 5.10 Å². The molecule has 2 rings (SSSR count). The van der Waals surface area contributed by atoms with Crippen molar-refractivity contribution in [3.05, 3.63) is 17.8 Å². The molecule has 100 valence electrons. The second-order valence-electron chi connectivity index (χ2n) is 4.21. The zero-order valence-electron chi connectivity index (χ0n) is 9.75. The molecule has 1 heterocycles. The number of hydrogen-bond acceptors (Lipinski definition) is 4. The molecule has 0 radical (unpaired) electrons. The first kappa shape index (κ1) is 13.1. The third-order valence-corrected chi connectivity index (χ3v) is 3.70. The van der Waals surface area contributed by atoms with Crippen molar-refractivity contribution in [2.75, 3.05) is 6.26 Å². The molecule has 1 aliphatic rings. The van der Waals surface area contributed by atoms with Gasteiger partial charge in [-0.3, -0.25) is 0 Å². The fraction of sp³-hybridized carbons (Fsp3) is 0.600. The SMILES string of the molecule is CS(=O)(=O)c1nn(C2C=CCCC2)nc1C(F)F. The summed E-state index contributed by atoms with van der Waals surface area (Å²) in [5.74, 6) is 0. The van der Waals surface area contributed by atoms with Gasteiger partial charge < -0.3 is 0 Å². The Labute approximate surface area is 103 Å². The molecule has 1 unspecified atom stereocenters. The summed E-state index contributed by atoms with van der Waals surface area (Å²) in [5, 5.41) is 6.71. The minimum atomic E-state index is -3.79. The molecule has 8 heteroatoms. The molecule has 0 N–H and O–H groups in total. The van der Waals surface area contributed by atoms with Gasteiger partial charge in [0.25, 0.3) is 6.43 Å². The number of allylic oxidation sites excluding steroid dienone is 2. The Hall–Kier alpha value is -1.31. The Kier molecular flexibility index (Phi) is 3.47. The van der Waals surface area contributed by atoms with Crippen LogP contribution in [0, 0.1) is 0 Å². The molecule has 18 heavy (non-hydrogen) atoms.